The number of anilines is 1. The molecule has 8 nitrogen and oxygen atoms in total. The van der Waals surface area contributed by atoms with Crippen molar-refractivity contribution in [1.82, 2.24) is 35.5 Å². The van der Waals surface area contributed by atoms with Crippen LogP contribution in [0.2, 0.25) is 0 Å². The average Bonchev–Trinajstić information content (AvgIpc) is 3.23. The van der Waals surface area contributed by atoms with Crippen molar-refractivity contribution in [1.29, 1.82) is 0 Å². The van der Waals surface area contributed by atoms with Crippen LogP contribution in [0.4, 0.5) is 5.82 Å². The number of aromatic nitrogens is 6. The highest BCUT2D eigenvalue weighted by Crippen LogP contribution is 2.22. The van der Waals surface area contributed by atoms with Crippen molar-refractivity contribution in [2.75, 3.05) is 18.8 Å². The van der Waals surface area contributed by atoms with E-state index < -0.39 is 0 Å². The zero-order valence-corrected chi connectivity index (χ0v) is 14.8. The fourth-order valence-corrected chi connectivity index (χ4v) is 3.52. The van der Waals surface area contributed by atoms with Crippen molar-refractivity contribution in [2.24, 2.45) is 0 Å². The number of hydrogen-bond donors (Lipinski definition) is 3. The van der Waals surface area contributed by atoms with Crippen LogP contribution in [-0.2, 0) is 13.0 Å². The first-order chi connectivity index (χ1) is 13.2. The molecule has 4 aromatic rings. The van der Waals surface area contributed by atoms with E-state index >= 15 is 0 Å². The zero-order valence-electron chi connectivity index (χ0n) is 14.8. The minimum Gasteiger partial charge on any atom is -0.384 e. The molecule has 1 aliphatic rings. The molecule has 0 atom stereocenters. The summed E-state index contributed by atoms with van der Waals surface area (Å²) in [5.74, 6) is 1.08. The maximum atomic E-state index is 5.88. The van der Waals surface area contributed by atoms with E-state index in [4.69, 9.17) is 5.73 Å². The molecule has 0 saturated carbocycles. The molecule has 0 bridgehead atoms. The summed E-state index contributed by atoms with van der Waals surface area (Å²) in [7, 11) is 0. The van der Waals surface area contributed by atoms with Gasteiger partial charge < -0.3 is 11.1 Å². The molecule has 3 aromatic heterocycles. The molecule has 1 saturated heterocycles. The third-order valence-electron chi connectivity index (χ3n) is 5.02. The van der Waals surface area contributed by atoms with Gasteiger partial charge in [-0.15, -0.1) is 5.10 Å². The summed E-state index contributed by atoms with van der Waals surface area (Å²) in [5, 5.41) is 18.7. The van der Waals surface area contributed by atoms with E-state index in [2.05, 4.69) is 61.3 Å². The van der Waals surface area contributed by atoms with Gasteiger partial charge in [0.25, 0.3) is 0 Å². The Morgan fingerprint density at radius 3 is 2.93 bits per heavy atom. The first-order valence-corrected chi connectivity index (χ1v) is 9.01. The molecule has 1 fully saturated rings. The third-order valence-corrected chi connectivity index (χ3v) is 5.02. The number of nitrogens with one attached hydrogen (secondary N) is 2. The second kappa shape index (κ2) is 6.48. The lowest BCUT2D eigenvalue weighted by atomic mass is 9.92. The van der Waals surface area contributed by atoms with Gasteiger partial charge in [0.2, 0.25) is 5.65 Å². The predicted octanol–water partition coefficient (Wildman–Crippen LogP) is 1.46. The Morgan fingerprint density at radius 2 is 2.07 bits per heavy atom. The van der Waals surface area contributed by atoms with Crippen molar-refractivity contribution in [3.63, 3.8) is 0 Å². The SMILES string of the molecule is Nc1cc(Cc2cnn(Cc3cccc(C4CNC4)c3)c2)c2n[nH]nc2n1. The number of nitrogen functional groups attached to an aromatic ring is 1. The highest BCUT2D eigenvalue weighted by molar-refractivity contribution is 5.76. The predicted molar refractivity (Wildman–Crippen MR) is 102 cm³/mol. The Bertz CT molecular complexity index is 1090. The van der Waals surface area contributed by atoms with Crippen molar-refractivity contribution in [2.45, 2.75) is 18.9 Å². The van der Waals surface area contributed by atoms with Gasteiger partial charge in [-0.1, -0.05) is 24.3 Å². The van der Waals surface area contributed by atoms with Crippen molar-refractivity contribution in [3.05, 3.63) is 65.0 Å². The van der Waals surface area contributed by atoms with Crippen molar-refractivity contribution >= 4 is 17.0 Å². The average molecular weight is 360 g/mol. The molecule has 4 heterocycles. The molecule has 0 amide bonds. The van der Waals surface area contributed by atoms with Gasteiger partial charge in [0, 0.05) is 31.6 Å². The molecule has 1 aliphatic heterocycles. The Hall–Kier alpha value is -3.26. The van der Waals surface area contributed by atoms with E-state index in [0.29, 0.717) is 23.8 Å². The van der Waals surface area contributed by atoms with Crippen LogP contribution in [0, 0.1) is 0 Å². The minimum absolute atomic E-state index is 0.445. The second-order valence-corrected chi connectivity index (χ2v) is 7.03. The Balaban J connectivity index is 1.35. The molecule has 8 heteroatoms. The van der Waals surface area contributed by atoms with Crippen LogP contribution in [0.5, 0.6) is 0 Å². The summed E-state index contributed by atoms with van der Waals surface area (Å²) in [6, 6.07) is 10.6. The zero-order chi connectivity index (χ0) is 18.2. The van der Waals surface area contributed by atoms with Crippen LogP contribution in [0.25, 0.3) is 11.2 Å². The van der Waals surface area contributed by atoms with Crippen LogP contribution in [-0.4, -0.2) is 43.3 Å². The van der Waals surface area contributed by atoms with Crippen LogP contribution >= 0.6 is 0 Å². The van der Waals surface area contributed by atoms with Gasteiger partial charge in [0.1, 0.15) is 11.3 Å². The van der Waals surface area contributed by atoms with E-state index in [0.717, 1.165) is 36.3 Å². The summed E-state index contributed by atoms with van der Waals surface area (Å²) in [5.41, 5.74) is 11.9. The van der Waals surface area contributed by atoms with E-state index in [1.807, 2.05) is 16.9 Å². The largest absolute Gasteiger partial charge is 0.384 e. The number of H-pyrrole nitrogens is 1. The van der Waals surface area contributed by atoms with Crippen LogP contribution in [0.15, 0.2) is 42.7 Å². The molecule has 0 spiro atoms. The molecular weight excluding hydrogens is 340 g/mol. The van der Waals surface area contributed by atoms with Gasteiger partial charge in [-0.3, -0.25) is 4.68 Å². The normalized spacial score (nSPS) is 14.5. The Labute approximate surface area is 155 Å². The van der Waals surface area contributed by atoms with E-state index in [1.54, 1.807) is 0 Å². The number of aromatic amines is 1. The number of pyridine rings is 1. The van der Waals surface area contributed by atoms with Gasteiger partial charge >= 0.3 is 0 Å². The number of hydrogen-bond acceptors (Lipinski definition) is 6. The standard InChI is InChI=1S/C19H20N8/c20-17-6-15(18-19(23-17)25-26-24-18)5-13-7-22-27(11-13)10-12-2-1-3-14(4-12)16-8-21-9-16/h1-4,6-7,11,16,21H,5,8-10H2,(H3,20,23,24,25,26). The van der Waals surface area contributed by atoms with Gasteiger partial charge in [-0.25, -0.2) is 4.98 Å². The molecule has 1 aromatic carbocycles. The third kappa shape index (κ3) is 3.15. The lowest BCUT2D eigenvalue weighted by molar-refractivity contribution is 0.448. The lowest BCUT2D eigenvalue weighted by Gasteiger charge is -2.27. The maximum Gasteiger partial charge on any atom is 0.203 e. The van der Waals surface area contributed by atoms with Crippen molar-refractivity contribution < 1.29 is 0 Å². The van der Waals surface area contributed by atoms with Crippen molar-refractivity contribution in [3.8, 4) is 0 Å². The molecule has 5 rings (SSSR count). The van der Waals surface area contributed by atoms with Gasteiger partial charge in [0.15, 0.2) is 0 Å². The van der Waals surface area contributed by atoms with Gasteiger partial charge in [-0.2, -0.15) is 15.4 Å². The fourth-order valence-electron chi connectivity index (χ4n) is 3.52. The molecule has 0 unspecified atom stereocenters. The number of benzene rings is 1. The molecular formula is C19H20N8. The molecule has 27 heavy (non-hydrogen) atoms. The van der Waals surface area contributed by atoms with Gasteiger partial charge in [0.05, 0.1) is 12.7 Å². The first-order valence-electron chi connectivity index (χ1n) is 9.01. The molecule has 136 valence electrons. The van der Waals surface area contributed by atoms with E-state index in [9.17, 15) is 0 Å². The smallest absolute Gasteiger partial charge is 0.203 e. The summed E-state index contributed by atoms with van der Waals surface area (Å²) in [4.78, 5) is 4.18. The quantitative estimate of drug-likeness (QED) is 0.497. The molecule has 0 aliphatic carbocycles. The topological polar surface area (TPSA) is 110 Å². The summed E-state index contributed by atoms with van der Waals surface area (Å²) in [6.45, 7) is 2.90. The fraction of sp³-hybridized carbons (Fsp3) is 0.263. The van der Waals surface area contributed by atoms with Crippen LogP contribution < -0.4 is 11.1 Å². The Morgan fingerprint density at radius 1 is 1.15 bits per heavy atom. The van der Waals surface area contributed by atoms with Crippen LogP contribution in [0.3, 0.4) is 0 Å². The molecule has 4 N–H and O–H groups in total. The number of nitrogens with two attached hydrogens (primary N) is 1. The first kappa shape index (κ1) is 16.0. The highest BCUT2D eigenvalue weighted by atomic mass is 15.3. The monoisotopic (exact) mass is 360 g/mol. The number of nitrogens with zero attached hydrogens (tertiary/aromatic N) is 5. The number of rotatable bonds is 5. The number of fused-ring (bicyclic) bond motifs is 1. The van der Waals surface area contributed by atoms with Crippen LogP contribution in [0.1, 0.15) is 28.2 Å². The van der Waals surface area contributed by atoms with Gasteiger partial charge in [-0.05, 0) is 28.3 Å². The highest BCUT2D eigenvalue weighted by Gasteiger charge is 2.18. The minimum atomic E-state index is 0.445. The maximum absolute atomic E-state index is 5.88. The summed E-state index contributed by atoms with van der Waals surface area (Å²) < 4.78 is 1.97. The lowest BCUT2D eigenvalue weighted by Crippen LogP contribution is -2.39. The summed E-state index contributed by atoms with van der Waals surface area (Å²) >= 11 is 0. The van der Waals surface area contributed by atoms with E-state index in [-0.39, 0.29) is 0 Å². The van der Waals surface area contributed by atoms with E-state index in [1.165, 1.54) is 11.1 Å². The second-order valence-electron chi connectivity index (χ2n) is 7.03. The summed E-state index contributed by atoms with van der Waals surface area (Å²) in [6.07, 6.45) is 4.64. The Kier molecular flexibility index (Phi) is 3.83. The molecule has 0 radical (unpaired) electrons.